The Morgan fingerprint density at radius 2 is 1.93 bits per heavy atom. The maximum absolute atomic E-state index is 14.1. The molecule has 1 aromatic carbocycles. The van der Waals surface area contributed by atoms with Crippen molar-refractivity contribution >= 4 is 22.0 Å². The van der Waals surface area contributed by atoms with Gasteiger partial charge in [0.1, 0.15) is 18.6 Å². The van der Waals surface area contributed by atoms with Crippen molar-refractivity contribution in [3.05, 3.63) is 57.0 Å². The third-order valence-electron chi connectivity index (χ3n) is 3.33. The molecule has 0 saturated carbocycles. The molecule has 0 fully saturated rings. The fraction of sp³-hybridized carbons (Fsp3) is 0.353. The Balaban J connectivity index is 2.16. The molecule has 28 heavy (non-hydrogen) atoms. The Kier molecular flexibility index (Phi) is 6.70. The Labute approximate surface area is 166 Å². The van der Waals surface area contributed by atoms with Crippen molar-refractivity contribution < 1.29 is 22.7 Å². The highest BCUT2D eigenvalue weighted by Gasteiger charge is 2.18. The van der Waals surface area contributed by atoms with E-state index >= 15 is 0 Å². The average molecular weight is 463 g/mol. The van der Waals surface area contributed by atoms with Gasteiger partial charge in [-0.05, 0) is 32.9 Å². The molecule has 0 spiro atoms. The van der Waals surface area contributed by atoms with Gasteiger partial charge in [0.15, 0.2) is 11.6 Å². The molecule has 0 aliphatic rings. The zero-order chi connectivity index (χ0) is 21.1. The molecule has 0 aliphatic heterocycles. The van der Waals surface area contributed by atoms with Crippen molar-refractivity contribution in [1.82, 2.24) is 19.7 Å². The van der Waals surface area contributed by atoms with Crippen LogP contribution < -0.4 is 11.0 Å². The molecule has 1 amide bonds. The number of hydrogen-bond donors (Lipinski definition) is 1. The van der Waals surface area contributed by atoms with Crippen LogP contribution in [0.1, 0.15) is 20.8 Å². The van der Waals surface area contributed by atoms with E-state index in [4.69, 9.17) is 4.74 Å². The number of hydrogen-bond acceptors (Lipinski definition) is 4. The summed E-state index contributed by atoms with van der Waals surface area (Å²) in [5.74, 6) is -1.95. The average Bonchev–Trinajstić information content (AvgIpc) is 2.90. The standard InChI is InChI=1S/C17H18BrF3N4O3/c1-17(2,3)23-15(26)28-8-10(6-19)7-25-16(27)24(9-22-25)14-12(20)4-11(18)5-13(14)21/h4-6,9H,7-8H2,1-3H3,(H,23,26)/b10-6-. The summed E-state index contributed by atoms with van der Waals surface area (Å²) in [5, 5.41) is 6.26. The van der Waals surface area contributed by atoms with E-state index in [2.05, 4.69) is 26.3 Å². The molecule has 0 radical (unpaired) electrons. The highest BCUT2D eigenvalue weighted by Crippen LogP contribution is 2.21. The maximum Gasteiger partial charge on any atom is 0.407 e. The second kappa shape index (κ2) is 8.63. The molecule has 0 unspecified atom stereocenters. The second-order valence-electron chi connectivity index (χ2n) is 6.88. The summed E-state index contributed by atoms with van der Waals surface area (Å²) in [5.41, 5.74) is -2.11. The number of ether oxygens (including phenoxy) is 1. The Morgan fingerprint density at radius 3 is 2.46 bits per heavy atom. The minimum atomic E-state index is -0.975. The summed E-state index contributed by atoms with van der Waals surface area (Å²) in [6.45, 7) is 4.43. The number of amides is 1. The van der Waals surface area contributed by atoms with Gasteiger partial charge in [0.25, 0.3) is 0 Å². The molecule has 2 rings (SSSR count). The molecular weight excluding hydrogens is 445 g/mol. The van der Waals surface area contributed by atoms with E-state index in [0.29, 0.717) is 4.57 Å². The monoisotopic (exact) mass is 462 g/mol. The van der Waals surface area contributed by atoms with Crippen LogP contribution in [0.2, 0.25) is 0 Å². The van der Waals surface area contributed by atoms with E-state index < -0.39 is 41.3 Å². The highest BCUT2D eigenvalue weighted by atomic mass is 79.9. The van der Waals surface area contributed by atoms with Crippen LogP contribution >= 0.6 is 15.9 Å². The summed E-state index contributed by atoms with van der Waals surface area (Å²) < 4.78 is 47.7. The predicted octanol–water partition coefficient (Wildman–Crippen LogP) is 3.45. The van der Waals surface area contributed by atoms with Crippen LogP contribution in [0.4, 0.5) is 18.0 Å². The largest absolute Gasteiger partial charge is 0.445 e. The van der Waals surface area contributed by atoms with Crippen LogP contribution in [0.3, 0.4) is 0 Å². The van der Waals surface area contributed by atoms with Crippen molar-refractivity contribution in [2.75, 3.05) is 6.61 Å². The van der Waals surface area contributed by atoms with Crippen LogP contribution in [0, 0.1) is 11.6 Å². The summed E-state index contributed by atoms with van der Waals surface area (Å²) in [6.07, 6.45) is 0.334. The Bertz CT molecular complexity index is 940. The smallest absolute Gasteiger partial charge is 0.407 e. The minimum absolute atomic E-state index is 0.0758. The number of carbonyl (C=O) groups excluding carboxylic acids is 1. The lowest BCUT2D eigenvalue weighted by Gasteiger charge is -2.20. The van der Waals surface area contributed by atoms with E-state index in [1.807, 2.05) is 0 Å². The first-order chi connectivity index (χ1) is 13.0. The van der Waals surface area contributed by atoms with Gasteiger partial charge in [-0.25, -0.2) is 32.0 Å². The lowest BCUT2D eigenvalue weighted by Crippen LogP contribution is -2.41. The molecule has 152 valence electrons. The zero-order valence-electron chi connectivity index (χ0n) is 15.3. The molecular formula is C17H18BrF3N4O3. The molecule has 0 saturated heterocycles. The van der Waals surface area contributed by atoms with Gasteiger partial charge in [-0.2, -0.15) is 5.10 Å². The number of rotatable bonds is 5. The van der Waals surface area contributed by atoms with Gasteiger partial charge in [-0.3, -0.25) is 0 Å². The normalized spacial score (nSPS) is 12.2. The van der Waals surface area contributed by atoms with E-state index in [1.165, 1.54) is 0 Å². The molecule has 0 atom stereocenters. The summed E-state index contributed by atoms with van der Waals surface area (Å²) in [4.78, 5) is 24.0. The van der Waals surface area contributed by atoms with Gasteiger partial charge in [0, 0.05) is 15.6 Å². The van der Waals surface area contributed by atoms with Crippen molar-refractivity contribution in [1.29, 1.82) is 0 Å². The van der Waals surface area contributed by atoms with Crippen molar-refractivity contribution in [3.8, 4) is 5.69 Å². The van der Waals surface area contributed by atoms with Gasteiger partial charge >= 0.3 is 11.8 Å². The number of nitrogens with one attached hydrogen (secondary N) is 1. The molecule has 1 aromatic heterocycles. The number of nitrogens with zero attached hydrogens (tertiary/aromatic N) is 3. The fourth-order valence-electron chi connectivity index (χ4n) is 2.17. The summed E-state index contributed by atoms with van der Waals surface area (Å²) in [7, 11) is 0. The summed E-state index contributed by atoms with van der Waals surface area (Å²) in [6, 6.07) is 1.99. The minimum Gasteiger partial charge on any atom is -0.445 e. The third-order valence-corrected chi connectivity index (χ3v) is 3.79. The SMILES string of the molecule is CC(C)(C)NC(=O)OC/C(=C\F)Cn1ncn(-c2c(F)cc(Br)cc2F)c1=O. The van der Waals surface area contributed by atoms with E-state index in [0.717, 1.165) is 23.1 Å². The van der Waals surface area contributed by atoms with Gasteiger partial charge in [-0.15, -0.1) is 0 Å². The number of aromatic nitrogens is 3. The first kappa shape index (κ1) is 21.7. The topological polar surface area (TPSA) is 78.2 Å². The first-order valence-corrected chi connectivity index (χ1v) is 8.83. The van der Waals surface area contributed by atoms with Gasteiger partial charge in [0.05, 0.1) is 12.9 Å². The predicted molar refractivity (Wildman–Crippen MR) is 98.9 cm³/mol. The van der Waals surface area contributed by atoms with Crippen LogP contribution in [-0.4, -0.2) is 32.6 Å². The van der Waals surface area contributed by atoms with Crippen molar-refractivity contribution in [2.45, 2.75) is 32.9 Å². The van der Waals surface area contributed by atoms with Gasteiger partial charge in [-0.1, -0.05) is 15.9 Å². The van der Waals surface area contributed by atoms with E-state index in [-0.39, 0.29) is 22.9 Å². The van der Waals surface area contributed by atoms with E-state index in [1.54, 1.807) is 20.8 Å². The van der Waals surface area contributed by atoms with Crippen LogP contribution in [0.5, 0.6) is 0 Å². The second-order valence-corrected chi connectivity index (χ2v) is 7.79. The van der Waals surface area contributed by atoms with Gasteiger partial charge in [0.2, 0.25) is 0 Å². The summed E-state index contributed by atoms with van der Waals surface area (Å²) >= 11 is 2.95. The number of alkyl carbamates (subject to hydrolysis) is 1. The Morgan fingerprint density at radius 1 is 1.32 bits per heavy atom. The zero-order valence-corrected chi connectivity index (χ0v) is 16.9. The number of carbonyl (C=O) groups is 1. The van der Waals surface area contributed by atoms with Crippen LogP contribution in [0.25, 0.3) is 5.69 Å². The van der Waals surface area contributed by atoms with Crippen molar-refractivity contribution in [2.24, 2.45) is 0 Å². The molecule has 0 bridgehead atoms. The van der Waals surface area contributed by atoms with E-state index in [9.17, 15) is 22.8 Å². The molecule has 1 N–H and O–H groups in total. The Hall–Kier alpha value is -2.56. The van der Waals surface area contributed by atoms with Gasteiger partial charge < -0.3 is 10.1 Å². The molecule has 11 heteroatoms. The number of benzene rings is 1. The lowest BCUT2D eigenvalue weighted by molar-refractivity contribution is 0.145. The molecule has 1 heterocycles. The molecule has 2 aromatic rings. The lowest BCUT2D eigenvalue weighted by atomic mass is 10.1. The fourth-order valence-corrected chi connectivity index (χ4v) is 2.57. The molecule has 7 nitrogen and oxygen atoms in total. The third kappa shape index (κ3) is 5.47. The van der Waals surface area contributed by atoms with Crippen LogP contribution in [-0.2, 0) is 11.3 Å². The van der Waals surface area contributed by atoms with Crippen LogP contribution in [0.15, 0.2) is 39.6 Å². The van der Waals surface area contributed by atoms with Crippen molar-refractivity contribution in [3.63, 3.8) is 0 Å². The highest BCUT2D eigenvalue weighted by molar-refractivity contribution is 9.10. The molecule has 0 aliphatic carbocycles. The first-order valence-electron chi connectivity index (χ1n) is 8.04. The number of halogens is 4. The quantitative estimate of drug-likeness (QED) is 0.737. The maximum atomic E-state index is 14.1.